The zero-order chi connectivity index (χ0) is 19.0. The topological polar surface area (TPSA) is 68.1 Å². The molecule has 3 aromatic rings. The van der Waals surface area contributed by atoms with Gasteiger partial charge in [-0.25, -0.2) is 4.39 Å². The van der Waals surface area contributed by atoms with Crippen LogP contribution in [0.3, 0.4) is 0 Å². The molecule has 1 heterocycles. The summed E-state index contributed by atoms with van der Waals surface area (Å²) in [6.45, 7) is 0. The summed E-state index contributed by atoms with van der Waals surface area (Å²) in [6, 6.07) is 11.9. The van der Waals surface area contributed by atoms with Crippen molar-refractivity contribution >= 4 is 22.4 Å². The third-order valence-electron chi connectivity index (χ3n) is 5.35. The van der Waals surface area contributed by atoms with Crippen molar-refractivity contribution in [1.29, 1.82) is 0 Å². The van der Waals surface area contributed by atoms with E-state index in [1.807, 2.05) is 12.1 Å². The van der Waals surface area contributed by atoms with E-state index in [0.29, 0.717) is 47.4 Å². The molecule has 1 aromatic heterocycles. The first kappa shape index (κ1) is 18.0. The molecule has 140 valence electrons. The SMILES string of the molecule is N[C@]1(c2ccccc2F)CC[C@H](Oc2cc3cc[nH]c(=O)c3cc2Cl)CC1. The van der Waals surface area contributed by atoms with Gasteiger partial charge in [0.15, 0.2) is 0 Å². The number of fused-ring (bicyclic) bond motifs is 1. The summed E-state index contributed by atoms with van der Waals surface area (Å²) >= 11 is 6.32. The third-order valence-corrected chi connectivity index (χ3v) is 5.65. The van der Waals surface area contributed by atoms with E-state index in [1.165, 1.54) is 6.07 Å². The maximum Gasteiger partial charge on any atom is 0.255 e. The monoisotopic (exact) mass is 386 g/mol. The predicted octanol–water partition coefficient (Wildman–Crippen LogP) is 4.50. The lowest BCUT2D eigenvalue weighted by Crippen LogP contribution is -2.43. The molecule has 0 spiro atoms. The van der Waals surface area contributed by atoms with Crippen LogP contribution in [0.4, 0.5) is 4.39 Å². The summed E-state index contributed by atoms with van der Waals surface area (Å²) in [7, 11) is 0. The number of H-pyrrole nitrogens is 1. The van der Waals surface area contributed by atoms with Crippen LogP contribution in [0.5, 0.6) is 5.75 Å². The maximum atomic E-state index is 14.1. The van der Waals surface area contributed by atoms with Gasteiger partial charge in [-0.3, -0.25) is 4.79 Å². The van der Waals surface area contributed by atoms with E-state index in [-0.39, 0.29) is 17.5 Å². The smallest absolute Gasteiger partial charge is 0.255 e. The minimum absolute atomic E-state index is 0.0506. The second-order valence-electron chi connectivity index (χ2n) is 7.13. The number of ether oxygens (including phenoxy) is 1. The molecule has 0 radical (unpaired) electrons. The van der Waals surface area contributed by atoms with Gasteiger partial charge in [0, 0.05) is 22.7 Å². The number of rotatable bonds is 3. The Bertz CT molecular complexity index is 1040. The second kappa shape index (κ2) is 6.98. The molecular weight excluding hydrogens is 367 g/mol. The van der Waals surface area contributed by atoms with Crippen LogP contribution in [0.25, 0.3) is 10.8 Å². The Balaban J connectivity index is 1.51. The molecule has 0 atom stereocenters. The summed E-state index contributed by atoms with van der Waals surface area (Å²) in [5.41, 5.74) is 6.20. The number of nitrogens with two attached hydrogens (primary N) is 1. The molecule has 6 heteroatoms. The number of hydrogen-bond donors (Lipinski definition) is 2. The fraction of sp³-hybridized carbons (Fsp3) is 0.286. The molecule has 3 N–H and O–H groups in total. The standard InChI is InChI=1S/C21H20ClFN2O2/c22-17-12-15-13(7-10-25-20(15)26)11-19(17)27-14-5-8-21(24,9-6-14)16-3-1-2-4-18(16)23/h1-4,7,10-12,14H,5-6,8-9,24H2,(H,25,26)/t14-,21+. The largest absolute Gasteiger partial charge is 0.489 e. The summed E-state index contributed by atoms with van der Waals surface area (Å²) in [5.74, 6) is 0.289. The van der Waals surface area contributed by atoms with Gasteiger partial charge in [0.1, 0.15) is 11.6 Å². The van der Waals surface area contributed by atoms with E-state index < -0.39 is 5.54 Å². The van der Waals surface area contributed by atoms with E-state index in [0.717, 1.165) is 5.39 Å². The van der Waals surface area contributed by atoms with Crippen molar-refractivity contribution in [2.75, 3.05) is 0 Å². The number of pyridine rings is 1. The highest BCUT2D eigenvalue weighted by Gasteiger charge is 2.36. The quantitative estimate of drug-likeness (QED) is 0.696. The fourth-order valence-electron chi connectivity index (χ4n) is 3.82. The zero-order valence-corrected chi connectivity index (χ0v) is 15.4. The molecular formula is C21H20ClFN2O2. The van der Waals surface area contributed by atoms with Crippen LogP contribution in [0.15, 0.2) is 53.5 Å². The number of aromatic nitrogens is 1. The van der Waals surface area contributed by atoms with Crippen molar-refractivity contribution in [3.63, 3.8) is 0 Å². The Morgan fingerprint density at radius 2 is 1.93 bits per heavy atom. The minimum Gasteiger partial charge on any atom is -0.489 e. The highest BCUT2D eigenvalue weighted by Crippen LogP contribution is 2.38. The lowest BCUT2D eigenvalue weighted by molar-refractivity contribution is 0.117. The lowest BCUT2D eigenvalue weighted by Gasteiger charge is -2.37. The average Bonchev–Trinajstić information content (AvgIpc) is 2.65. The van der Waals surface area contributed by atoms with Crippen LogP contribution in [0.1, 0.15) is 31.2 Å². The Morgan fingerprint density at radius 1 is 1.19 bits per heavy atom. The van der Waals surface area contributed by atoms with Gasteiger partial charge in [-0.1, -0.05) is 29.8 Å². The molecule has 27 heavy (non-hydrogen) atoms. The van der Waals surface area contributed by atoms with Crippen LogP contribution < -0.4 is 16.0 Å². The van der Waals surface area contributed by atoms with Crippen LogP contribution in [0, 0.1) is 5.82 Å². The second-order valence-corrected chi connectivity index (χ2v) is 7.54. The van der Waals surface area contributed by atoms with Crippen LogP contribution in [-0.2, 0) is 5.54 Å². The van der Waals surface area contributed by atoms with Crippen molar-refractivity contribution in [2.24, 2.45) is 5.73 Å². The van der Waals surface area contributed by atoms with E-state index >= 15 is 0 Å². The highest BCUT2D eigenvalue weighted by molar-refractivity contribution is 6.32. The molecule has 4 rings (SSSR count). The molecule has 1 aliphatic rings. The highest BCUT2D eigenvalue weighted by atomic mass is 35.5. The first-order valence-corrected chi connectivity index (χ1v) is 9.35. The van der Waals surface area contributed by atoms with Crippen molar-refractivity contribution in [3.8, 4) is 5.75 Å². The van der Waals surface area contributed by atoms with E-state index in [2.05, 4.69) is 4.98 Å². The molecule has 0 unspecified atom stereocenters. The molecule has 0 amide bonds. The Hall–Kier alpha value is -2.37. The molecule has 0 bridgehead atoms. The first-order valence-electron chi connectivity index (χ1n) is 8.98. The van der Waals surface area contributed by atoms with Crippen LogP contribution in [-0.4, -0.2) is 11.1 Å². The van der Waals surface area contributed by atoms with Crippen LogP contribution in [0.2, 0.25) is 5.02 Å². The number of benzene rings is 2. The van der Waals surface area contributed by atoms with Gasteiger partial charge in [-0.15, -0.1) is 0 Å². The number of hydrogen-bond acceptors (Lipinski definition) is 3. The van der Waals surface area contributed by atoms with Gasteiger partial charge >= 0.3 is 0 Å². The molecule has 1 saturated carbocycles. The summed E-state index contributed by atoms with van der Waals surface area (Å²) in [4.78, 5) is 14.5. The van der Waals surface area contributed by atoms with Gasteiger partial charge in [-0.05, 0) is 55.3 Å². The summed E-state index contributed by atoms with van der Waals surface area (Å²) in [6.07, 6.45) is 4.21. The van der Waals surface area contributed by atoms with E-state index in [1.54, 1.807) is 30.5 Å². The maximum absolute atomic E-state index is 14.1. The molecule has 1 aliphatic carbocycles. The Labute approximate surface area is 161 Å². The van der Waals surface area contributed by atoms with Gasteiger partial charge in [-0.2, -0.15) is 0 Å². The molecule has 2 aromatic carbocycles. The van der Waals surface area contributed by atoms with E-state index in [9.17, 15) is 9.18 Å². The van der Waals surface area contributed by atoms with E-state index in [4.69, 9.17) is 22.1 Å². The number of halogens is 2. The Kier molecular flexibility index (Phi) is 4.66. The molecule has 0 aliphatic heterocycles. The number of aromatic amines is 1. The van der Waals surface area contributed by atoms with Gasteiger partial charge in [0.2, 0.25) is 0 Å². The van der Waals surface area contributed by atoms with Gasteiger partial charge in [0.25, 0.3) is 5.56 Å². The lowest BCUT2D eigenvalue weighted by atomic mass is 9.76. The fourth-order valence-corrected chi connectivity index (χ4v) is 4.03. The molecule has 4 nitrogen and oxygen atoms in total. The summed E-state index contributed by atoms with van der Waals surface area (Å²) < 4.78 is 20.2. The molecule has 1 fully saturated rings. The third kappa shape index (κ3) is 3.45. The zero-order valence-electron chi connectivity index (χ0n) is 14.7. The molecule has 0 saturated heterocycles. The Morgan fingerprint density at radius 3 is 2.67 bits per heavy atom. The number of nitrogens with one attached hydrogen (secondary N) is 1. The normalized spacial score (nSPS) is 22.7. The van der Waals surface area contributed by atoms with Crippen molar-refractivity contribution < 1.29 is 9.13 Å². The summed E-state index contributed by atoms with van der Waals surface area (Å²) in [5, 5.41) is 1.70. The van der Waals surface area contributed by atoms with Crippen LogP contribution >= 0.6 is 11.6 Å². The first-order chi connectivity index (χ1) is 13.0. The average molecular weight is 387 g/mol. The van der Waals surface area contributed by atoms with Gasteiger partial charge in [0.05, 0.1) is 11.1 Å². The van der Waals surface area contributed by atoms with Crippen molar-refractivity contribution in [1.82, 2.24) is 4.98 Å². The van der Waals surface area contributed by atoms with Gasteiger partial charge < -0.3 is 15.5 Å². The van der Waals surface area contributed by atoms with Crippen molar-refractivity contribution in [2.45, 2.75) is 37.3 Å². The van der Waals surface area contributed by atoms with Crippen molar-refractivity contribution in [3.05, 3.63) is 75.4 Å². The minimum atomic E-state index is -0.675. The predicted molar refractivity (Wildman–Crippen MR) is 105 cm³/mol.